The van der Waals surface area contributed by atoms with Gasteiger partial charge in [-0.05, 0) is 11.3 Å². The number of unbranched alkanes of at least 4 members (excludes halogenated alkanes) is 2. The smallest absolute Gasteiger partial charge is 0.258 e. The summed E-state index contributed by atoms with van der Waals surface area (Å²) in [4.78, 5) is 0.237. The molecule has 0 saturated carbocycles. The van der Waals surface area contributed by atoms with E-state index in [9.17, 15) is 16.8 Å². The van der Waals surface area contributed by atoms with Crippen LogP contribution < -0.4 is 0 Å². The summed E-state index contributed by atoms with van der Waals surface area (Å²) in [6.45, 7) is 4.15. The van der Waals surface area contributed by atoms with Gasteiger partial charge in [0, 0.05) is 32.7 Å². The maximum Gasteiger partial charge on any atom is 0.258 e. The fourth-order valence-electron chi connectivity index (χ4n) is 2.78. The van der Waals surface area contributed by atoms with Gasteiger partial charge in [0.15, 0.2) is 0 Å². The van der Waals surface area contributed by atoms with E-state index in [1.807, 2.05) is 6.07 Å². The molecule has 0 saturated heterocycles. The van der Waals surface area contributed by atoms with E-state index in [4.69, 9.17) is 4.55 Å². The van der Waals surface area contributed by atoms with Crippen LogP contribution in [0.25, 0.3) is 0 Å². The second-order valence-corrected chi connectivity index (χ2v) is 9.92. The molecule has 0 amide bonds. The van der Waals surface area contributed by atoms with Crippen molar-refractivity contribution in [1.82, 2.24) is 0 Å². The molecule has 1 N–H and O–H groups in total. The minimum Gasteiger partial charge on any atom is -0.286 e. The summed E-state index contributed by atoms with van der Waals surface area (Å²) in [5.41, 5.74) is 2.43. The van der Waals surface area contributed by atoms with E-state index < -0.39 is 20.2 Å². The molecule has 0 aliphatic rings. The van der Waals surface area contributed by atoms with Gasteiger partial charge in [0.25, 0.3) is 10.1 Å². The van der Waals surface area contributed by atoms with Gasteiger partial charge in [-0.25, -0.2) is 16.8 Å². The van der Waals surface area contributed by atoms with Crippen LogP contribution >= 0.6 is 0 Å². The molecule has 171 valence electrons. The standard InChI is InChI=1S/2C11H15O3S.Y/c1-3-4-7-10-8-5-6-9-11(10)15(12,13)14-2;1-2-3-6-10-7-4-5-8-11(10)9-15(12,13)14;/h5,8-9H,3-4,7H2,1-2H3;4,7-8H,2-3,6,9H2,1H3,(H,12,13,14);/q2*-1;. The molecule has 0 fully saturated rings. The zero-order valence-corrected chi connectivity index (χ0v) is 22.8. The van der Waals surface area contributed by atoms with Crippen molar-refractivity contribution in [1.29, 1.82) is 0 Å². The topological polar surface area (TPSA) is 97.7 Å². The second-order valence-electron chi connectivity index (χ2n) is 6.78. The van der Waals surface area contributed by atoms with Crippen LogP contribution in [-0.4, -0.2) is 28.5 Å². The Hall–Kier alpha value is -0.636. The predicted octanol–water partition coefficient (Wildman–Crippen LogP) is 4.38. The van der Waals surface area contributed by atoms with Crippen LogP contribution in [0, 0.1) is 12.1 Å². The molecular weight excluding hydrogens is 513 g/mol. The van der Waals surface area contributed by atoms with Gasteiger partial charge in [0.2, 0.25) is 10.1 Å². The van der Waals surface area contributed by atoms with E-state index in [-0.39, 0.29) is 43.4 Å². The Bertz CT molecular complexity index is 989. The fourth-order valence-corrected chi connectivity index (χ4v) is 4.33. The van der Waals surface area contributed by atoms with Crippen molar-refractivity contribution in [2.45, 2.75) is 63.0 Å². The minimum atomic E-state index is -3.94. The summed E-state index contributed by atoms with van der Waals surface area (Å²) >= 11 is 0. The van der Waals surface area contributed by atoms with Gasteiger partial charge < -0.3 is 0 Å². The molecule has 0 heterocycles. The summed E-state index contributed by atoms with van der Waals surface area (Å²) in [5.74, 6) is -0.316. The van der Waals surface area contributed by atoms with E-state index >= 15 is 0 Å². The van der Waals surface area contributed by atoms with Crippen molar-refractivity contribution < 1.29 is 58.3 Å². The molecule has 2 aromatic carbocycles. The summed E-state index contributed by atoms with van der Waals surface area (Å²) in [5, 5.41) is 0. The van der Waals surface area contributed by atoms with Crippen LogP contribution in [0.1, 0.15) is 56.2 Å². The van der Waals surface area contributed by atoms with Crippen molar-refractivity contribution in [3.05, 3.63) is 65.2 Å². The van der Waals surface area contributed by atoms with Crippen molar-refractivity contribution >= 4 is 20.2 Å². The van der Waals surface area contributed by atoms with Gasteiger partial charge in [-0.2, -0.15) is 54.1 Å². The van der Waals surface area contributed by atoms with Gasteiger partial charge in [-0.15, -0.1) is 11.1 Å². The Kier molecular flexibility index (Phi) is 14.9. The maximum absolute atomic E-state index is 11.5. The first kappa shape index (κ1) is 30.4. The van der Waals surface area contributed by atoms with Crippen LogP contribution in [-0.2, 0) is 75.7 Å². The second kappa shape index (κ2) is 15.2. The number of hydrogen-bond donors (Lipinski definition) is 1. The van der Waals surface area contributed by atoms with Crippen LogP contribution in [0.5, 0.6) is 0 Å². The Morgan fingerprint density at radius 2 is 1.39 bits per heavy atom. The third-order valence-corrected chi connectivity index (χ3v) is 6.42. The zero-order chi connectivity index (χ0) is 22.6. The Morgan fingerprint density at radius 3 is 1.90 bits per heavy atom. The van der Waals surface area contributed by atoms with Gasteiger partial charge in [0.05, 0.1) is 12.9 Å². The molecule has 2 aromatic rings. The van der Waals surface area contributed by atoms with E-state index in [0.717, 1.165) is 49.7 Å². The molecule has 31 heavy (non-hydrogen) atoms. The van der Waals surface area contributed by atoms with E-state index in [1.54, 1.807) is 24.3 Å². The Morgan fingerprint density at radius 1 is 0.871 bits per heavy atom. The molecule has 0 bridgehead atoms. The van der Waals surface area contributed by atoms with Crippen molar-refractivity contribution in [3.63, 3.8) is 0 Å². The van der Waals surface area contributed by atoms with Crippen molar-refractivity contribution in [2.24, 2.45) is 0 Å². The van der Waals surface area contributed by atoms with Crippen LogP contribution in [0.3, 0.4) is 0 Å². The summed E-state index contributed by atoms with van der Waals surface area (Å²) in [6.07, 6.45) is 5.67. The SMILES string of the molecule is CCCCc1cc[c-]cc1CS(=O)(=O)O.CCCCc1cc[c-]cc1S(=O)(=O)OC.[Y]. The van der Waals surface area contributed by atoms with Gasteiger partial charge in [-0.3, -0.25) is 8.74 Å². The number of aryl methyl sites for hydroxylation is 2. The van der Waals surface area contributed by atoms with E-state index in [2.05, 4.69) is 30.2 Å². The average molecular weight is 544 g/mol. The predicted molar refractivity (Wildman–Crippen MR) is 117 cm³/mol. The van der Waals surface area contributed by atoms with Gasteiger partial charge in [0.1, 0.15) is 0 Å². The molecule has 0 aromatic heterocycles. The number of hydrogen-bond acceptors (Lipinski definition) is 5. The molecule has 9 heteroatoms. The van der Waals surface area contributed by atoms with Crippen LogP contribution in [0.15, 0.2) is 41.3 Å². The third kappa shape index (κ3) is 11.7. The molecule has 0 unspecified atom stereocenters. The maximum atomic E-state index is 11.5. The van der Waals surface area contributed by atoms with Crippen molar-refractivity contribution in [3.8, 4) is 0 Å². The molecule has 0 atom stereocenters. The first-order chi connectivity index (χ1) is 14.1. The van der Waals surface area contributed by atoms with Crippen LogP contribution in [0.4, 0.5) is 0 Å². The molecular formula is C22H30O6S2Y-2. The first-order valence-electron chi connectivity index (χ1n) is 9.87. The fraction of sp³-hybridized carbons (Fsp3) is 0.455. The average Bonchev–Trinajstić information content (AvgIpc) is 2.71. The Labute approximate surface area is 212 Å². The van der Waals surface area contributed by atoms with E-state index in [1.165, 1.54) is 13.2 Å². The quantitative estimate of drug-likeness (QED) is 0.272. The largest absolute Gasteiger partial charge is 0.286 e. The monoisotopic (exact) mass is 543 g/mol. The van der Waals surface area contributed by atoms with Gasteiger partial charge >= 0.3 is 0 Å². The molecule has 0 aliphatic heterocycles. The van der Waals surface area contributed by atoms with Gasteiger partial charge in [-0.1, -0.05) is 46.0 Å². The first-order valence-corrected chi connectivity index (χ1v) is 12.9. The van der Waals surface area contributed by atoms with E-state index in [0.29, 0.717) is 5.56 Å². The Balaban J connectivity index is 0.000000562. The van der Waals surface area contributed by atoms with Crippen LogP contribution in [0.2, 0.25) is 0 Å². The molecule has 6 nitrogen and oxygen atoms in total. The van der Waals surface area contributed by atoms with Crippen molar-refractivity contribution in [2.75, 3.05) is 7.11 Å². The molecule has 0 spiro atoms. The molecule has 0 aliphatic carbocycles. The molecule has 2 rings (SSSR count). The summed E-state index contributed by atoms with van der Waals surface area (Å²) in [7, 11) is -6.36. The number of rotatable bonds is 10. The molecule has 1 radical (unpaired) electrons. The summed E-state index contributed by atoms with van der Waals surface area (Å²) < 4.78 is 57.9. The number of benzene rings is 2. The zero-order valence-electron chi connectivity index (χ0n) is 18.3. The normalized spacial score (nSPS) is 11.2. The minimum absolute atomic E-state index is 0. The third-order valence-electron chi connectivity index (χ3n) is 4.39. The summed E-state index contributed by atoms with van der Waals surface area (Å²) in [6, 6.07) is 15.8.